The van der Waals surface area contributed by atoms with Gasteiger partial charge in [-0.3, -0.25) is 4.98 Å². The van der Waals surface area contributed by atoms with E-state index >= 15 is 0 Å². The summed E-state index contributed by atoms with van der Waals surface area (Å²) >= 11 is 6.20. The maximum atomic E-state index is 14.1. The molecule has 0 radical (unpaired) electrons. The number of benzene rings is 2. The van der Waals surface area contributed by atoms with E-state index in [9.17, 15) is 19.5 Å². The molecular formula is C27H30ClN2O6+. The number of carbonyl (C=O) groups excluding carboxylic acids is 2. The summed E-state index contributed by atoms with van der Waals surface area (Å²) in [5.41, 5.74) is -1.90. The zero-order valence-corrected chi connectivity index (χ0v) is 21.9. The van der Waals surface area contributed by atoms with Crippen molar-refractivity contribution in [2.24, 2.45) is 0 Å². The monoisotopic (exact) mass is 513 g/mol. The Labute approximate surface area is 215 Å². The highest BCUT2D eigenvalue weighted by atomic mass is 35.5. The minimum Gasteiger partial charge on any atom is -0.477 e. The number of hydrogen-bond acceptors (Lipinski definition) is 6. The molecular weight excluding hydrogens is 484 g/mol. The van der Waals surface area contributed by atoms with Gasteiger partial charge in [-0.1, -0.05) is 28.2 Å². The van der Waals surface area contributed by atoms with Crippen LogP contribution in [0.25, 0.3) is 10.8 Å². The number of halogens is 1. The number of ether oxygens (including phenoxy) is 2. The number of carboxylic acids is 1. The van der Waals surface area contributed by atoms with E-state index < -0.39 is 39.9 Å². The van der Waals surface area contributed by atoms with Crippen molar-refractivity contribution in [3.8, 4) is 0 Å². The standard InChI is InChI=1S/C27H29ClN2O6/c1-26(2,3)35-24(33)30(25(34)36-27(4,5)6,21-11-10-19-16-29-13-12-17(19)15-21)22(23(31)32)18-8-7-9-20(28)14-18/h7-16,22H,1-6H3/p+1. The van der Waals surface area contributed by atoms with E-state index in [0.29, 0.717) is 5.39 Å². The van der Waals surface area contributed by atoms with Crippen molar-refractivity contribution in [2.45, 2.75) is 58.8 Å². The third kappa shape index (κ3) is 5.66. The number of rotatable bonds is 4. The molecule has 2 aromatic carbocycles. The van der Waals surface area contributed by atoms with E-state index in [-0.39, 0.29) is 16.3 Å². The Hall–Kier alpha value is -3.49. The first-order chi connectivity index (χ1) is 16.6. The second-order valence-electron chi connectivity index (χ2n) is 10.4. The molecule has 3 aromatic rings. The summed E-state index contributed by atoms with van der Waals surface area (Å²) in [7, 11) is 0. The minimum atomic E-state index is -1.77. The van der Waals surface area contributed by atoms with Gasteiger partial charge in [-0.25, -0.2) is 4.79 Å². The van der Waals surface area contributed by atoms with E-state index in [1.807, 2.05) is 0 Å². The third-order valence-electron chi connectivity index (χ3n) is 5.18. The van der Waals surface area contributed by atoms with Gasteiger partial charge in [0, 0.05) is 40.5 Å². The lowest BCUT2D eigenvalue weighted by Crippen LogP contribution is -2.64. The molecule has 0 spiro atoms. The minimum absolute atomic E-state index is 0.0598. The van der Waals surface area contributed by atoms with Crippen LogP contribution in [0, 0.1) is 0 Å². The molecule has 0 bridgehead atoms. The van der Waals surface area contributed by atoms with Gasteiger partial charge in [0.05, 0.1) is 0 Å². The van der Waals surface area contributed by atoms with Crippen molar-refractivity contribution in [1.29, 1.82) is 0 Å². The molecule has 1 atom stereocenters. The molecule has 2 amide bonds. The number of imide groups is 1. The first kappa shape index (κ1) is 27.1. The molecule has 0 aliphatic rings. The van der Waals surface area contributed by atoms with Gasteiger partial charge in [0.2, 0.25) is 6.04 Å². The number of carbonyl (C=O) groups is 3. The highest BCUT2D eigenvalue weighted by molar-refractivity contribution is 6.30. The van der Waals surface area contributed by atoms with Crippen molar-refractivity contribution in [2.75, 3.05) is 0 Å². The zero-order chi connectivity index (χ0) is 26.9. The van der Waals surface area contributed by atoms with Crippen molar-refractivity contribution >= 4 is 46.2 Å². The number of nitrogens with zero attached hydrogens (tertiary/aromatic N) is 2. The molecule has 1 unspecified atom stereocenters. The lowest BCUT2D eigenvalue weighted by atomic mass is 10.0. The van der Waals surface area contributed by atoms with E-state index in [1.165, 1.54) is 18.2 Å². The number of carboxylic acid groups (broad SMARTS) is 1. The fourth-order valence-corrected chi connectivity index (χ4v) is 4.01. The smallest absolute Gasteiger partial charge is 0.477 e. The lowest BCUT2D eigenvalue weighted by Gasteiger charge is -2.38. The number of aromatic nitrogens is 1. The van der Waals surface area contributed by atoms with Crippen LogP contribution in [-0.4, -0.2) is 39.4 Å². The molecule has 1 aromatic heterocycles. The second kappa shape index (κ2) is 9.87. The topological polar surface area (TPSA) is 103 Å². The van der Waals surface area contributed by atoms with E-state index in [2.05, 4.69) is 4.98 Å². The van der Waals surface area contributed by atoms with Crippen LogP contribution in [0.15, 0.2) is 60.9 Å². The van der Waals surface area contributed by atoms with Crippen molar-refractivity contribution in [3.05, 3.63) is 71.5 Å². The van der Waals surface area contributed by atoms with Crippen molar-refractivity contribution in [1.82, 2.24) is 9.47 Å². The molecule has 36 heavy (non-hydrogen) atoms. The highest BCUT2D eigenvalue weighted by Crippen LogP contribution is 2.41. The molecule has 1 N–H and O–H groups in total. The first-order valence-corrected chi connectivity index (χ1v) is 11.7. The molecule has 3 rings (SSSR count). The maximum Gasteiger partial charge on any atom is 0.533 e. The Bertz CT molecular complexity index is 1280. The summed E-state index contributed by atoms with van der Waals surface area (Å²) in [6.07, 6.45) is 0.989. The van der Waals surface area contributed by atoms with Crippen LogP contribution < -0.4 is 4.48 Å². The fraction of sp³-hybridized carbons (Fsp3) is 0.333. The molecule has 0 aliphatic heterocycles. The van der Waals surface area contributed by atoms with Crippen LogP contribution in [0.2, 0.25) is 5.02 Å². The number of fused-ring (bicyclic) bond motifs is 1. The average molecular weight is 514 g/mol. The summed E-state index contributed by atoms with van der Waals surface area (Å²) in [5, 5.41) is 12.2. The normalized spacial score (nSPS) is 13.2. The van der Waals surface area contributed by atoms with Crippen LogP contribution in [0.1, 0.15) is 53.1 Å². The highest BCUT2D eigenvalue weighted by Gasteiger charge is 2.62. The Morgan fingerprint density at radius 3 is 2.03 bits per heavy atom. The molecule has 1 heterocycles. The van der Waals surface area contributed by atoms with Gasteiger partial charge in [0.15, 0.2) is 5.69 Å². The fourth-order valence-electron chi connectivity index (χ4n) is 3.81. The van der Waals surface area contributed by atoms with Crippen LogP contribution >= 0.6 is 11.6 Å². The maximum absolute atomic E-state index is 14.1. The van der Waals surface area contributed by atoms with Gasteiger partial charge in [-0.05, 0) is 71.2 Å². The predicted octanol–water partition coefficient (Wildman–Crippen LogP) is 6.89. The number of hydrogen-bond donors (Lipinski definition) is 1. The van der Waals surface area contributed by atoms with E-state index in [4.69, 9.17) is 21.1 Å². The molecule has 0 fully saturated rings. The Kier molecular flexibility index (Phi) is 7.43. The van der Waals surface area contributed by atoms with Gasteiger partial charge in [-0.2, -0.15) is 9.59 Å². The number of amides is 2. The van der Waals surface area contributed by atoms with Gasteiger partial charge in [0.25, 0.3) is 0 Å². The van der Waals surface area contributed by atoms with Crippen LogP contribution in [-0.2, 0) is 14.3 Å². The van der Waals surface area contributed by atoms with Crippen LogP contribution in [0.5, 0.6) is 0 Å². The van der Waals surface area contributed by atoms with Crippen LogP contribution in [0.3, 0.4) is 0 Å². The van der Waals surface area contributed by atoms with Crippen LogP contribution in [0.4, 0.5) is 15.3 Å². The average Bonchev–Trinajstić information content (AvgIpc) is 2.74. The SMILES string of the molecule is CC(C)(C)OC(=O)[N+](C(=O)OC(C)(C)C)(c1ccc2cnccc2c1)C(C(=O)O)c1cccc(Cl)c1. The Morgan fingerprint density at radius 2 is 1.50 bits per heavy atom. The molecule has 190 valence electrons. The number of quaternary nitrogens is 1. The number of pyridine rings is 1. The largest absolute Gasteiger partial charge is 0.533 e. The molecule has 8 nitrogen and oxygen atoms in total. The number of aliphatic carboxylic acids is 1. The first-order valence-electron chi connectivity index (χ1n) is 11.3. The lowest BCUT2D eigenvalue weighted by molar-refractivity contribution is -0.143. The summed E-state index contributed by atoms with van der Waals surface area (Å²) in [5.74, 6) is -1.44. The Morgan fingerprint density at radius 1 is 0.889 bits per heavy atom. The molecule has 0 saturated carbocycles. The quantitative estimate of drug-likeness (QED) is 0.379. The van der Waals surface area contributed by atoms with Gasteiger partial charge >= 0.3 is 18.2 Å². The van der Waals surface area contributed by atoms with Gasteiger partial charge in [-0.15, -0.1) is 0 Å². The van der Waals surface area contributed by atoms with Gasteiger partial charge in [0.1, 0.15) is 11.2 Å². The third-order valence-corrected chi connectivity index (χ3v) is 5.42. The Balaban J connectivity index is 2.46. The summed E-state index contributed by atoms with van der Waals surface area (Å²) in [4.78, 5) is 45.2. The van der Waals surface area contributed by atoms with E-state index in [1.54, 1.807) is 84.3 Å². The summed E-state index contributed by atoms with van der Waals surface area (Å²) < 4.78 is 10.0. The predicted molar refractivity (Wildman–Crippen MR) is 138 cm³/mol. The molecule has 0 saturated heterocycles. The summed E-state index contributed by atoms with van der Waals surface area (Å²) in [6.45, 7) is 9.81. The van der Waals surface area contributed by atoms with Gasteiger partial charge < -0.3 is 14.6 Å². The zero-order valence-electron chi connectivity index (χ0n) is 21.1. The molecule has 9 heteroatoms. The van der Waals surface area contributed by atoms with E-state index in [0.717, 1.165) is 5.39 Å². The summed E-state index contributed by atoms with van der Waals surface area (Å²) in [6, 6.07) is 10.7. The molecule has 0 aliphatic carbocycles. The van der Waals surface area contributed by atoms with Crippen molar-refractivity contribution < 1.29 is 29.0 Å². The second-order valence-corrected chi connectivity index (χ2v) is 10.8. The van der Waals surface area contributed by atoms with Crippen molar-refractivity contribution in [3.63, 3.8) is 0 Å².